The summed E-state index contributed by atoms with van der Waals surface area (Å²) in [6.07, 6.45) is 6.56. The van der Waals surface area contributed by atoms with E-state index < -0.39 is 0 Å². The molecule has 2 rings (SSSR count). The van der Waals surface area contributed by atoms with Gasteiger partial charge in [0.1, 0.15) is 0 Å². The molecule has 2 aliphatic rings. The minimum absolute atomic E-state index is 0.944. The van der Waals surface area contributed by atoms with E-state index in [-0.39, 0.29) is 0 Å². The molecule has 0 aromatic heterocycles. The van der Waals surface area contributed by atoms with Gasteiger partial charge in [0.2, 0.25) is 0 Å². The first-order chi connectivity index (χ1) is 4.83. The monoisotopic (exact) mass is 135 g/mol. The molecule has 0 N–H and O–H groups in total. The van der Waals surface area contributed by atoms with E-state index in [9.17, 15) is 0 Å². The molecule has 1 radical (unpaired) electrons. The summed E-state index contributed by atoms with van der Waals surface area (Å²) in [6.45, 7) is 4.58. The highest BCUT2D eigenvalue weighted by molar-refractivity contribution is 5.36. The zero-order valence-electron chi connectivity index (χ0n) is 6.85. The fourth-order valence-electron chi connectivity index (χ4n) is 2.65. The van der Waals surface area contributed by atoms with Crippen LogP contribution < -0.4 is 0 Å². The Balaban J connectivity index is 2.27. The van der Waals surface area contributed by atoms with Crippen LogP contribution in [-0.4, -0.2) is 0 Å². The Morgan fingerprint density at radius 2 is 2.30 bits per heavy atom. The highest BCUT2D eigenvalue weighted by Crippen LogP contribution is 2.53. The number of hydrogen-bond acceptors (Lipinski definition) is 0. The second kappa shape index (κ2) is 2.11. The predicted molar refractivity (Wildman–Crippen MR) is 43.5 cm³/mol. The van der Waals surface area contributed by atoms with Crippen LogP contribution in [0.3, 0.4) is 0 Å². The molecule has 0 heteroatoms. The summed E-state index contributed by atoms with van der Waals surface area (Å²) in [5.41, 5.74) is 1.70. The van der Waals surface area contributed by atoms with Crippen molar-refractivity contribution >= 4 is 0 Å². The molecule has 0 nitrogen and oxygen atoms in total. The zero-order valence-corrected chi connectivity index (χ0v) is 6.85. The Morgan fingerprint density at radius 1 is 1.50 bits per heavy atom. The average Bonchev–Trinajstić information content (AvgIpc) is 2.42. The van der Waals surface area contributed by atoms with Crippen LogP contribution in [0.2, 0.25) is 0 Å². The van der Waals surface area contributed by atoms with E-state index in [4.69, 9.17) is 0 Å². The van der Waals surface area contributed by atoms with Gasteiger partial charge >= 0.3 is 0 Å². The molecule has 0 saturated heterocycles. The molecule has 2 bridgehead atoms. The number of hydrogen-bond donors (Lipinski definition) is 0. The van der Waals surface area contributed by atoms with Gasteiger partial charge in [-0.3, -0.25) is 0 Å². The molecule has 10 heavy (non-hydrogen) atoms. The topological polar surface area (TPSA) is 0 Å². The summed E-state index contributed by atoms with van der Waals surface area (Å²) >= 11 is 0. The molecule has 55 valence electrons. The van der Waals surface area contributed by atoms with Gasteiger partial charge in [0.15, 0.2) is 0 Å². The quantitative estimate of drug-likeness (QED) is 0.479. The first-order valence-corrected chi connectivity index (χ1v) is 4.34. The van der Waals surface area contributed by atoms with Gasteiger partial charge in [0.05, 0.1) is 0 Å². The molecular weight excluding hydrogens is 120 g/mol. The van der Waals surface area contributed by atoms with Crippen LogP contribution in [-0.2, 0) is 0 Å². The lowest BCUT2D eigenvalue weighted by Gasteiger charge is -2.14. The lowest BCUT2D eigenvalue weighted by atomic mass is 9.90. The number of fused-ring (bicyclic) bond motifs is 2. The minimum atomic E-state index is 0.944. The van der Waals surface area contributed by atoms with Crippen molar-refractivity contribution < 1.29 is 0 Å². The van der Waals surface area contributed by atoms with Crippen molar-refractivity contribution in [3.05, 3.63) is 17.6 Å². The molecule has 0 aliphatic heterocycles. The smallest absolute Gasteiger partial charge is 0.00114 e. The van der Waals surface area contributed by atoms with Crippen molar-refractivity contribution in [2.45, 2.75) is 33.1 Å². The highest BCUT2D eigenvalue weighted by atomic mass is 14.5. The predicted octanol–water partition coefficient (Wildman–Crippen LogP) is 2.96. The molecule has 2 fully saturated rings. The fourth-order valence-corrected chi connectivity index (χ4v) is 2.65. The van der Waals surface area contributed by atoms with E-state index in [1.807, 2.05) is 0 Å². The second-order valence-electron chi connectivity index (χ2n) is 3.67. The lowest BCUT2D eigenvalue weighted by Crippen LogP contribution is -2.04. The molecular formula is C10H15. The SMILES string of the molecule is CC=C1[C]2CCC1C(C)C2. The van der Waals surface area contributed by atoms with Crippen molar-refractivity contribution in [2.24, 2.45) is 11.8 Å². The van der Waals surface area contributed by atoms with E-state index in [2.05, 4.69) is 19.9 Å². The number of rotatable bonds is 0. The molecule has 0 spiro atoms. The normalized spacial score (nSPS) is 43.6. The third-order valence-electron chi connectivity index (χ3n) is 3.13. The largest absolute Gasteiger partial charge is 0.0876 e. The molecule has 2 unspecified atom stereocenters. The van der Waals surface area contributed by atoms with Gasteiger partial charge in [-0.05, 0) is 38.0 Å². The van der Waals surface area contributed by atoms with E-state index in [1.54, 1.807) is 11.5 Å². The Kier molecular flexibility index (Phi) is 1.36. The first-order valence-electron chi connectivity index (χ1n) is 4.34. The maximum Gasteiger partial charge on any atom is 0.00114 e. The van der Waals surface area contributed by atoms with Crippen LogP contribution in [0.25, 0.3) is 0 Å². The Morgan fingerprint density at radius 3 is 2.60 bits per heavy atom. The third-order valence-corrected chi connectivity index (χ3v) is 3.13. The zero-order chi connectivity index (χ0) is 7.14. The summed E-state index contributed by atoms with van der Waals surface area (Å²) in [5.74, 6) is 3.66. The van der Waals surface area contributed by atoms with Crippen molar-refractivity contribution in [1.29, 1.82) is 0 Å². The van der Waals surface area contributed by atoms with Gasteiger partial charge in [0, 0.05) is 5.92 Å². The van der Waals surface area contributed by atoms with Crippen LogP contribution in [0, 0.1) is 17.8 Å². The van der Waals surface area contributed by atoms with Crippen molar-refractivity contribution in [1.82, 2.24) is 0 Å². The van der Waals surface area contributed by atoms with E-state index in [0.29, 0.717) is 0 Å². The summed E-state index contributed by atoms with van der Waals surface area (Å²) < 4.78 is 0. The Bertz CT molecular complexity index is 167. The van der Waals surface area contributed by atoms with E-state index in [1.165, 1.54) is 19.3 Å². The average molecular weight is 135 g/mol. The van der Waals surface area contributed by atoms with Crippen molar-refractivity contribution in [3.8, 4) is 0 Å². The van der Waals surface area contributed by atoms with Gasteiger partial charge < -0.3 is 0 Å². The van der Waals surface area contributed by atoms with E-state index in [0.717, 1.165) is 11.8 Å². The minimum Gasteiger partial charge on any atom is -0.0876 e. The van der Waals surface area contributed by atoms with Crippen LogP contribution in [0.15, 0.2) is 11.6 Å². The summed E-state index contributed by atoms with van der Waals surface area (Å²) in [5, 5.41) is 0. The standard InChI is InChI=1S/C10H15/c1-3-9-8-4-5-10(9)7(2)6-8/h3,7,10H,4-6H2,1-2H3. The molecule has 0 aromatic carbocycles. The maximum absolute atomic E-state index is 2.39. The van der Waals surface area contributed by atoms with Gasteiger partial charge in [0.25, 0.3) is 0 Å². The fraction of sp³-hybridized carbons (Fsp3) is 0.700. The summed E-state index contributed by atoms with van der Waals surface area (Å²) in [4.78, 5) is 0. The van der Waals surface area contributed by atoms with Crippen molar-refractivity contribution in [3.63, 3.8) is 0 Å². The molecule has 2 saturated carbocycles. The lowest BCUT2D eigenvalue weighted by molar-refractivity contribution is 0.408. The first kappa shape index (κ1) is 6.45. The van der Waals surface area contributed by atoms with Gasteiger partial charge in [-0.1, -0.05) is 18.6 Å². The second-order valence-corrected chi connectivity index (χ2v) is 3.67. The molecule has 0 amide bonds. The molecule has 0 aromatic rings. The van der Waals surface area contributed by atoms with Gasteiger partial charge in [-0.15, -0.1) is 0 Å². The van der Waals surface area contributed by atoms with Crippen LogP contribution in [0.4, 0.5) is 0 Å². The molecule has 2 atom stereocenters. The summed E-state index contributed by atoms with van der Waals surface area (Å²) in [6, 6.07) is 0. The number of allylic oxidation sites excluding steroid dienone is 2. The van der Waals surface area contributed by atoms with E-state index >= 15 is 0 Å². The Hall–Kier alpha value is -0.260. The Labute approximate surface area is 63.3 Å². The van der Waals surface area contributed by atoms with Crippen molar-refractivity contribution in [2.75, 3.05) is 0 Å². The summed E-state index contributed by atoms with van der Waals surface area (Å²) in [7, 11) is 0. The molecule has 0 heterocycles. The highest BCUT2D eigenvalue weighted by Gasteiger charge is 2.41. The van der Waals surface area contributed by atoms with Gasteiger partial charge in [-0.2, -0.15) is 0 Å². The van der Waals surface area contributed by atoms with Crippen LogP contribution >= 0.6 is 0 Å². The van der Waals surface area contributed by atoms with Gasteiger partial charge in [-0.25, -0.2) is 0 Å². The third kappa shape index (κ3) is 0.680. The maximum atomic E-state index is 2.39. The molecule has 2 aliphatic carbocycles. The van der Waals surface area contributed by atoms with Crippen LogP contribution in [0.1, 0.15) is 33.1 Å². The van der Waals surface area contributed by atoms with Crippen LogP contribution in [0.5, 0.6) is 0 Å².